The van der Waals surface area contributed by atoms with E-state index in [1.807, 2.05) is 23.1 Å². The molecule has 0 bridgehead atoms. The van der Waals surface area contributed by atoms with Gasteiger partial charge in [0.25, 0.3) is 5.91 Å². The molecule has 1 aromatic carbocycles. The third-order valence-corrected chi connectivity index (χ3v) is 5.83. The summed E-state index contributed by atoms with van der Waals surface area (Å²) in [6, 6.07) is 5.60. The van der Waals surface area contributed by atoms with E-state index in [1.165, 1.54) is 0 Å². The van der Waals surface area contributed by atoms with Crippen molar-refractivity contribution in [2.24, 2.45) is 0 Å². The number of rotatable bonds is 3. The minimum Gasteiger partial charge on any atom is -0.495 e. The van der Waals surface area contributed by atoms with Crippen LogP contribution >= 0.6 is 0 Å². The Kier molecular flexibility index (Phi) is 5.30. The number of benzene rings is 1. The van der Waals surface area contributed by atoms with Crippen molar-refractivity contribution in [2.45, 2.75) is 24.9 Å². The van der Waals surface area contributed by atoms with Crippen molar-refractivity contribution in [1.29, 1.82) is 0 Å². The first kappa shape index (κ1) is 18.9. The highest BCUT2D eigenvalue weighted by Crippen LogP contribution is 2.32. The Labute approximate surface area is 164 Å². The van der Waals surface area contributed by atoms with Crippen LogP contribution in [0.1, 0.15) is 29.6 Å². The van der Waals surface area contributed by atoms with E-state index in [2.05, 4.69) is 10.2 Å². The first-order valence-corrected chi connectivity index (χ1v) is 9.87. The molecule has 2 amide bonds. The first-order chi connectivity index (χ1) is 13.6. The van der Waals surface area contributed by atoms with E-state index in [4.69, 9.17) is 14.2 Å². The van der Waals surface area contributed by atoms with Gasteiger partial charge in [0.05, 0.1) is 32.6 Å². The maximum atomic E-state index is 13.2. The van der Waals surface area contributed by atoms with Crippen LogP contribution in [0.25, 0.3) is 0 Å². The van der Waals surface area contributed by atoms with Crippen LogP contribution in [0.15, 0.2) is 18.2 Å². The lowest BCUT2D eigenvalue weighted by atomic mass is 9.95. The van der Waals surface area contributed by atoms with Crippen LogP contribution in [0.5, 0.6) is 5.75 Å². The molecule has 0 saturated carbocycles. The number of carbonyl (C=O) groups excluding carboxylic acids is 2. The quantitative estimate of drug-likeness (QED) is 0.847. The van der Waals surface area contributed by atoms with E-state index in [0.29, 0.717) is 44.8 Å². The number of ether oxygens (including phenoxy) is 3. The highest BCUT2D eigenvalue weighted by Gasteiger charge is 2.42. The van der Waals surface area contributed by atoms with Crippen LogP contribution in [0.4, 0.5) is 10.5 Å². The molecule has 28 heavy (non-hydrogen) atoms. The Balaban J connectivity index is 1.50. The molecule has 3 aliphatic rings. The fourth-order valence-electron chi connectivity index (χ4n) is 4.21. The molecule has 1 atom stereocenters. The second-order valence-corrected chi connectivity index (χ2v) is 7.56. The molecule has 1 spiro atoms. The summed E-state index contributed by atoms with van der Waals surface area (Å²) < 4.78 is 16.5. The van der Waals surface area contributed by atoms with Crippen molar-refractivity contribution in [3.8, 4) is 5.75 Å². The van der Waals surface area contributed by atoms with Gasteiger partial charge >= 0.3 is 6.09 Å². The lowest BCUT2D eigenvalue weighted by Gasteiger charge is -2.30. The lowest BCUT2D eigenvalue weighted by molar-refractivity contribution is 0.0438. The first-order valence-electron chi connectivity index (χ1n) is 9.87. The van der Waals surface area contributed by atoms with Crippen molar-refractivity contribution >= 4 is 17.7 Å². The number of amides is 2. The van der Waals surface area contributed by atoms with E-state index in [-0.39, 0.29) is 12.0 Å². The van der Waals surface area contributed by atoms with Crippen molar-refractivity contribution in [3.05, 3.63) is 23.8 Å². The molecule has 0 radical (unpaired) electrons. The largest absolute Gasteiger partial charge is 0.495 e. The zero-order chi connectivity index (χ0) is 19.6. The molecule has 0 unspecified atom stereocenters. The zero-order valence-corrected chi connectivity index (χ0v) is 16.2. The average molecular weight is 389 g/mol. The van der Waals surface area contributed by atoms with Crippen LogP contribution in [-0.2, 0) is 9.47 Å². The highest BCUT2D eigenvalue weighted by atomic mass is 16.6. The molecule has 3 aliphatic heterocycles. The second kappa shape index (κ2) is 7.87. The number of nitrogens with one attached hydrogen (secondary N) is 1. The normalized spacial score (nSPS) is 25.2. The number of nitrogens with zero attached hydrogens (tertiary/aromatic N) is 2. The zero-order valence-electron chi connectivity index (χ0n) is 16.2. The molecule has 8 heteroatoms. The highest BCUT2D eigenvalue weighted by molar-refractivity contribution is 5.95. The van der Waals surface area contributed by atoms with Gasteiger partial charge in [-0.1, -0.05) is 0 Å². The monoisotopic (exact) mass is 389 g/mol. The average Bonchev–Trinajstić information content (AvgIpc) is 2.97. The maximum Gasteiger partial charge on any atom is 0.407 e. The number of hydrogen-bond acceptors (Lipinski definition) is 6. The van der Waals surface area contributed by atoms with Gasteiger partial charge in [0.15, 0.2) is 0 Å². The number of likely N-dealkylation sites (tertiary alicyclic amines) is 1. The van der Waals surface area contributed by atoms with Crippen LogP contribution < -0.4 is 15.0 Å². The molecule has 0 aliphatic carbocycles. The number of hydrogen-bond donors (Lipinski definition) is 1. The summed E-state index contributed by atoms with van der Waals surface area (Å²) in [5.74, 6) is 0.767. The number of morpholine rings is 1. The van der Waals surface area contributed by atoms with Crippen molar-refractivity contribution < 1.29 is 23.8 Å². The van der Waals surface area contributed by atoms with Gasteiger partial charge in [-0.25, -0.2) is 4.79 Å². The third kappa shape index (κ3) is 3.73. The van der Waals surface area contributed by atoms with Crippen molar-refractivity contribution in [2.75, 3.05) is 57.9 Å². The molecule has 1 N–H and O–H groups in total. The van der Waals surface area contributed by atoms with Gasteiger partial charge in [0.1, 0.15) is 11.4 Å². The Morgan fingerprint density at radius 2 is 2.00 bits per heavy atom. The molecule has 3 fully saturated rings. The smallest absolute Gasteiger partial charge is 0.407 e. The van der Waals surface area contributed by atoms with E-state index < -0.39 is 5.60 Å². The van der Waals surface area contributed by atoms with Crippen molar-refractivity contribution in [3.63, 3.8) is 0 Å². The summed E-state index contributed by atoms with van der Waals surface area (Å²) in [6.07, 6.45) is 1.89. The number of methoxy groups -OCH3 is 1. The Morgan fingerprint density at radius 1 is 1.18 bits per heavy atom. The predicted octanol–water partition coefficient (Wildman–Crippen LogP) is 1.64. The number of anilines is 1. The van der Waals surface area contributed by atoms with Crippen LogP contribution in [0, 0.1) is 0 Å². The van der Waals surface area contributed by atoms with Gasteiger partial charge in [-0.05, 0) is 31.0 Å². The van der Waals surface area contributed by atoms with E-state index in [0.717, 1.165) is 37.4 Å². The van der Waals surface area contributed by atoms with Gasteiger partial charge < -0.3 is 29.3 Å². The SMILES string of the molecule is COc1ccc(C(=O)N2CCC[C@]3(CC2)CNC(=O)O3)cc1N1CCOCC1. The molecule has 4 rings (SSSR count). The summed E-state index contributed by atoms with van der Waals surface area (Å²) in [5, 5.41) is 2.75. The fraction of sp³-hybridized carbons (Fsp3) is 0.600. The maximum absolute atomic E-state index is 13.2. The summed E-state index contributed by atoms with van der Waals surface area (Å²) in [6.45, 7) is 4.66. The Bertz CT molecular complexity index is 749. The standard InChI is InChI=1S/C20H27N3O5/c1-26-17-4-3-15(13-16(17)22-9-11-27-12-10-22)18(24)23-7-2-5-20(6-8-23)14-21-19(25)28-20/h3-4,13H,2,5-12,14H2,1H3,(H,21,25)/t20-/m0/s1. The van der Waals surface area contributed by atoms with Gasteiger partial charge in [0, 0.05) is 38.2 Å². The summed E-state index contributed by atoms with van der Waals surface area (Å²) in [7, 11) is 1.64. The van der Waals surface area contributed by atoms with E-state index in [1.54, 1.807) is 7.11 Å². The summed E-state index contributed by atoms with van der Waals surface area (Å²) in [5.41, 5.74) is 1.11. The minimum absolute atomic E-state index is 0.00601. The van der Waals surface area contributed by atoms with Crippen LogP contribution in [-0.4, -0.2) is 75.5 Å². The number of alkyl carbamates (subject to hydrolysis) is 1. The van der Waals surface area contributed by atoms with Gasteiger partial charge in [-0.15, -0.1) is 0 Å². The second-order valence-electron chi connectivity index (χ2n) is 7.56. The van der Waals surface area contributed by atoms with Crippen LogP contribution in [0.3, 0.4) is 0 Å². The molecule has 1 aromatic rings. The number of carbonyl (C=O) groups is 2. The van der Waals surface area contributed by atoms with Gasteiger partial charge in [0.2, 0.25) is 0 Å². The summed E-state index contributed by atoms with van der Waals surface area (Å²) >= 11 is 0. The topological polar surface area (TPSA) is 80.3 Å². The Morgan fingerprint density at radius 3 is 2.71 bits per heavy atom. The molecular weight excluding hydrogens is 362 g/mol. The molecule has 152 valence electrons. The molecule has 0 aromatic heterocycles. The van der Waals surface area contributed by atoms with Crippen LogP contribution in [0.2, 0.25) is 0 Å². The minimum atomic E-state index is -0.467. The van der Waals surface area contributed by atoms with E-state index >= 15 is 0 Å². The Hall–Kier alpha value is -2.48. The molecule has 8 nitrogen and oxygen atoms in total. The lowest BCUT2D eigenvalue weighted by Crippen LogP contribution is -2.37. The third-order valence-electron chi connectivity index (χ3n) is 5.83. The predicted molar refractivity (Wildman–Crippen MR) is 103 cm³/mol. The fourth-order valence-corrected chi connectivity index (χ4v) is 4.21. The van der Waals surface area contributed by atoms with Crippen molar-refractivity contribution in [1.82, 2.24) is 10.2 Å². The van der Waals surface area contributed by atoms with Gasteiger partial charge in [-0.2, -0.15) is 0 Å². The van der Waals surface area contributed by atoms with Gasteiger partial charge in [-0.3, -0.25) is 4.79 Å². The summed E-state index contributed by atoms with van der Waals surface area (Å²) in [4.78, 5) is 28.7. The molecular formula is C20H27N3O5. The molecule has 3 saturated heterocycles. The van der Waals surface area contributed by atoms with E-state index in [9.17, 15) is 9.59 Å². The molecule has 3 heterocycles.